The lowest BCUT2D eigenvalue weighted by Crippen LogP contribution is -2.07. The number of rotatable bonds is 4. The van der Waals surface area contributed by atoms with Crippen LogP contribution in [-0.4, -0.2) is 24.8 Å². The summed E-state index contributed by atoms with van der Waals surface area (Å²) >= 11 is 0. The first kappa shape index (κ1) is 15.3. The average molecular weight is 336 g/mol. The van der Waals surface area contributed by atoms with Crippen molar-refractivity contribution in [3.63, 3.8) is 0 Å². The highest BCUT2D eigenvalue weighted by Crippen LogP contribution is 2.23. The maximum Gasteiger partial charge on any atom is 0.157 e. The van der Waals surface area contributed by atoms with Gasteiger partial charge in [0.05, 0.1) is 17.6 Å². The van der Waals surface area contributed by atoms with Crippen molar-refractivity contribution in [3.8, 4) is 11.3 Å². The van der Waals surface area contributed by atoms with Crippen LogP contribution in [-0.2, 0) is 6.54 Å². The SMILES string of the molecule is Cc1n[nH]c(C)c1CNc1cc(-c2ccc(F)cc2)nc2ccnn12. The van der Waals surface area contributed by atoms with Crippen molar-refractivity contribution in [2.45, 2.75) is 20.4 Å². The molecule has 6 nitrogen and oxygen atoms in total. The lowest BCUT2D eigenvalue weighted by Gasteiger charge is -2.11. The van der Waals surface area contributed by atoms with Gasteiger partial charge in [-0.15, -0.1) is 0 Å². The number of aromatic amines is 1. The van der Waals surface area contributed by atoms with E-state index in [1.54, 1.807) is 22.8 Å². The average Bonchev–Trinajstić information content (AvgIpc) is 3.20. The molecule has 1 aromatic carbocycles. The van der Waals surface area contributed by atoms with E-state index in [-0.39, 0.29) is 5.82 Å². The Morgan fingerprint density at radius 2 is 1.96 bits per heavy atom. The van der Waals surface area contributed by atoms with E-state index in [0.717, 1.165) is 39.7 Å². The molecule has 0 atom stereocenters. The monoisotopic (exact) mass is 336 g/mol. The molecule has 4 aromatic rings. The molecule has 3 heterocycles. The molecule has 0 aliphatic heterocycles. The van der Waals surface area contributed by atoms with Crippen LogP contribution in [0.1, 0.15) is 17.0 Å². The highest BCUT2D eigenvalue weighted by molar-refractivity contribution is 5.66. The Balaban J connectivity index is 1.72. The number of fused-ring (bicyclic) bond motifs is 1. The van der Waals surface area contributed by atoms with Crippen LogP contribution >= 0.6 is 0 Å². The van der Waals surface area contributed by atoms with Crippen LogP contribution < -0.4 is 5.32 Å². The Morgan fingerprint density at radius 3 is 2.68 bits per heavy atom. The van der Waals surface area contributed by atoms with Crippen molar-refractivity contribution in [3.05, 3.63) is 65.4 Å². The first-order valence-electron chi connectivity index (χ1n) is 7.97. The molecule has 0 aliphatic carbocycles. The number of hydrogen-bond donors (Lipinski definition) is 2. The van der Waals surface area contributed by atoms with Gasteiger partial charge in [-0.3, -0.25) is 5.10 Å². The molecule has 126 valence electrons. The number of nitrogens with one attached hydrogen (secondary N) is 2. The molecule has 0 unspecified atom stereocenters. The van der Waals surface area contributed by atoms with Crippen LogP contribution in [0, 0.1) is 19.7 Å². The molecule has 0 fully saturated rings. The first-order chi connectivity index (χ1) is 12.1. The fourth-order valence-electron chi connectivity index (χ4n) is 2.82. The van der Waals surface area contributed by atoms with Crippen LogP contribution in [0.4, 0.5) is 10.2 Å². The third kappa shape index (κ3) is 2.84. The number of anilines is 1. The topological polar surface area (TPSA) is 70.9 Å². The Hall–Kier alpha value is -3.22. The molecular formula is C18H17FN6. The van der Waals surface area contributed by atoms with E-state index in [4.69, 9.17) is 0 Å². The van der Waals surface area contributed by atoms with Crippen molar-refractivity contribution >= 4 is 11.5 Å². The molecule has 0 amide bonds. The second kappa shape index (κ2) is 6.01. The standard InChI is InChI=1S/C18H17FN6/c1-11-15(12(2)24-23-11)10-20-18-9-16(13-3-5-14(19)6-4-13)22-17-7-8-21-25(17)18/h3-9,20H,10H2,1-2H3,(H,23,24). The van der Waals surface area contributed by atoms with Gasteiger partial charge in [0.25, 0.3) is 0 Å². The molecule has 0 saturated heterocycles. The minimum atomic E-state index is -0.265. The largest absolute Gasteiger partial charge is 0.366 e. The van der Waals surface area contributed by atoms with Gasteiger partial charge in [-0.1, -0.05) is 0 Å². The van der Waals surface area contributed by atoms with Gasteiger partial charge < -0.3 is 5.32 Å². The number of benzene rings is 1. The molecule has 0 spiro atoms. The van der Waals surface area contributed by atoms with Crippen LogP contribution in [0.15, 0.2) is 42.6 Å². The van der Waals surface area contributed by atoms with E-state index in [0.29, 0.717) is 6.54 Å². The minimum absolute atomic E-state index is 0.265. The fourth-order valence-corrected chi connectivity index (χ4v) is 2.82. The highest BCUT2D eigenvalue weighted by Gasteiger charge is 2.11. The van der Waals surface area contributed by atoms with Crippen LogP contribution in [0.3, 0.4) is 0 Å². The van der Waals surface area contributed by atoms with E-state index in [2.05, 4.69) is 25.6 Å². The molecule has 0 radical (unpaired) electrons. The third-order valence-corrected chi connectivity index (χ3v) is 4.23. The summed E-state index contributed by atoms with van der Waals surface area (Å²) in [4.78, 5) is 4.60. The number of H-pyrrole nitrogens is 1. The van der Waals surface area contributed by atoms with Crippen molar-refractivity contribution in [1.29, 1.82) is 0 Å². The molecule has 0 aliphatic rings. The molecule has 2 N–H and O–H groups in total. The zero-order chi connectivity index (χ0) is 17.4. The molecule has 4 rings (SSSR count). The summed E-state index contributed by atoms with van der Waals surface area (Å²) in [5, 5.41) is 14.9. The number of hydrogen-bond acceptors (Lipinski definition) is 4. The van der Waals surface area contributed by atoms with E-state index in [9.17, 15) is 4.39 Å². The summed E-state index contributed by atoms with van der Waals surface area (Å²) in [6, 6.07) is 10.1. The number of halogens is 1. The van der Waals surface area contributed by atoms with Crippen molar-refractivity contribution in [2.75, 3.05) is 5.32 Å². The van der Waals surface area contributed by atoms with Gasteiger partial charge in [0.2, 0.25) is 0 Å². The van der Waals surface area contributed by atoms with Crippen LogP contribution in [0.5, 0.6) is 0 Å². The van der Waals surface area contributed by atoms with E-state index in [1.807, 2.05) is 26.0 Å². The van der Waals surface area contributed by atoms with Crippen molar-refractivity contribution in [1.82, 2.24) is 24.8 Å². The molecule has 7 heteroatoms. The maximum atomic E-state index is 13.2. The second-order valence-corrected chi connectivity index (χ2v) is 5.90. The van der Waals surface area contributed by atoms with Gasteiger partial charge in [0.1, 0.15) is 11.6 Å². The fraction of sp³-hybridized carbons (Fsp3) is 0.167. The summed E-state index contributed by atoms with van der Waals surface area (Å²) in [5.74, 6) is 0.549. The van der Waals surface area contributed by atoms with Gasteiger partial charge in [-0.2, -0.15) is 14.7 Å². The minimum Gasteiger partial charge on any atom is -0.366 e. The first-order valence-corrected chi connectivity index (χ1v) is 7.97. The van der Waals surface area contributed by atoms with Crippen molar-refractivity contribution < 1.29 is 4.39 Å². The Morgan fingerprint density at radius 1 is 1.16 bits per heavy atom. The predicted molar refractivity (Wildman–Crippen MR) is 93.8 cm³/mol. The van der Waals surface area contributed by atoms with E-state index in [1.165, 1.54) is 12.1 Å². The predicted octanol–water partition coefficient (Wildman–Crippen LogP) is 3.49. The van der Waals surface area contributed by atoms with Crippen LogP contribution in [0.2, 0.25) is 0 Å². The molecule has 25 heavy (non-hydrogen) atoms. The second-order valence-electron chi connectivity index (χ2n) is 5.90. The molecule has 3 aromatic heterocycles. The van der Waals surface area contributed by atoms with Gasteiger partial charge in [-0.05, 0) is 38.1 Å². The summed E-state index contributed by atoms with van der Waals surface area (Å²) in [7, 11) is 0. The number of nitrogens with zero attached hydrogens (tertiary/aromatic N) is 4. The van der Waals surface area contributed by atoms with Gasteiger partial charge in [-0.25, -0.2) is 9.37 Å². The number of aromatic nitrogens is 5. The lowest BCUT2D eigenvalue weighted by molar-refractivity contribution is 0.628. The zero-order valence-electron chi connectivity index (χ0n) is 13.9. The van der Waals surface area contributed by atoms with Crippen LogP contribution in [0.25, 0.3) is 16.9 Å². The van der Waals surface area contributed by atoms with Gasteiger partial charge in [0.15, 0.2) is 5.65 Å². The van der Waals surface area contributed by atoms with Gasteiger partial charge >= 0.3 is 0 Å². The van der Waals surface area contributed by atoms with Crippen molar-refractivity contribution in [2.24, 2.45) is 0 Å². The van der Waals surface area contributed by atoms with E-state index < -0.39 is 0 Å². The third-order valence-electron chi connectivity index (χ3n) is 4.23. The van der Waals surface area contributed by atoms with E-state index >= 15 is 0 Å². The zero-order valence-corrected chi connectivity index (χ0v) is 13.9. The quantitative estimate of drug-likeness (QED) is 0.598. The Bertz CT molecular complexity index is 1010. The highest BCUT2D eigenvalue weighted by atomic mass is 19.1. The Labute approximate surface area is 143 Å². The smallest absolute Gasteiger partial charge is 0.157 e. The molecule has 0 saturated carbocycles. The van der Waals surface area contributed by atoms with Gasteiger partial charge in [0, 0.05) is 35.5 Å². The summed E-state index contributed by atoms with van der Waals surface area (Å²) in [6.45, 7) is 4.59. The summed E-state index contributed by atoms with van der Waals surface area (Å²) in [6.07, 6.45) is 1.70. The molecular weight excluding hydrogens is 319 g/mol. The normalized spacial score (nSPS) is 11.2. The lowest BCUT2D eigenvalue weighted by atomic mass is 10.1. The summed E-state index contributed by atoms with van der Waals surface area (Å²) in [5.41, 5.74) is 5.47. The maximum absolute atomic E-state index is 13.2. The summed E-state index contributed by atoms with van der Waals surface area (Å²) < 4.78 is 14.9. The number of aryl methyl sites for hydroxylation is 2. The molecule has 0 bridgehead atoms. The Kier molecular flexibility index (Phi) is 3.68.